The maximum atomic E-state index is 12.9. The average molecular weight is 442 g/mol. The average Bonchev–Trinajstić information content (AvgIpc) is 3.24. The van der Waals surface area contributed by atoms with Crippen LogP contribution in [0.5, 0.6) is 0 Å². The molecule has 32 heavy (non-hydrogen) atoms. The van der Waals surface area contributed by atoms with Crippen LogP contribution in [-0.4, -0.2) is 28.2 Å². The van der Waals surface area contributed by atoms with Gasteiger partial charge in [-0.05, 0) is 53.9 Å². The molecule has 2 amide bonds. The number of carbonyl (C=O) groups is 2. The van der Waals surface area contributed by atoms with E-state index in [2.05, 4.69) is 17.4 Å². The van der Waals surface area contributed by atoms with E-state index in [1.807, 2.05) is 60.7 Å². The van der Waals surface area contributed by atoms with E-state index in [1.54, 1.807) is 23.2 Å². The van der Waals surface area contributed by atoms with Crippen molar-refractivity contribution in [3.63, 3.8) is 0 Å². The summed E-state index contributed by atoms with van der Waals surface area (Å²) in [5, 5.41) is 3.95. The molecule has 5 nitrogen and oxygen atoms in total. The lowest BCUT2D eigenvalue weighted by Crippen LogP contribution is -2.40. The van der Waals surface area contributed by atoms with Crippen molar-refractivity contribution in [1.82, 2.24) is 9.88 Å². The number of thiazole rings is 1. The lowest BCUT2D eigenvalue weighted by molar-refractivity contribution is -0.132. The van der Waals surface area contributed by atoms with Gasteiger partial charge in [0.2, 0.25) is 11.8 Å². The Bertz CT molecular complexity index is 1260. The summed E-state index contributed by atoms with van der Waals surface area (Å²) < 4.78 is 1.16. The first kappa shape index (κ1) is 20.4. The Balaban J connectivity index is 1.31. The second kappa shape index (κ2) is 8.55. The third-order valence-electron chi connectivity index (χ3n) is 5.91. The second-order valence-electron chi connectivity index (χ2n) is 7.99. The number of rotatable bonds is 4. The van der Waals surface area contributed by atoms with E-state index in [0.717, 1.165) is 38.5 Å². The SMILES string of the molecule is CC(=O)N1CCc2ccccc2C1CC(=O)Nc1ccc(-c2nc3ccccc3s2)cc1. The molecule has 1 N–H and O–H groups in total. The number of aromatic nitrogens is 1. The maximum absolute atomic E-state index is 12.9. The zero-order valence-corrected chi connectivity index (χ0v) is 18.6. The molecule has 4 aromatic rings. The predicted octanol–water partition coefficient (Wildman–Crippen LogP) is 5.44. The van der Waals surface area contributed by atoms with Crippen molar-refractivity contribution in [2.24, 2.45) is 0 Å². The molecule has 0 saturated carbocycles. The minimum Gasteiger partial charge on any atom is -0.335 e. The van der Waals surface area contributed by atoms with Crippen molar-refractivity contribution in [2.75, 3.05) is 11.9 Å². The fourth-order valence-electron chi connectivity index (χ4n) is 4.33. The highest BCUT2D eigenvalue weighted by atomic mass is 32.1. The molecule has 6 heteroatoms. The third-order valence-corrected chi connectivity index (χ3v) is 6.99. The van der Waals surface area contributed by atoms with Crippen molar-refractivity contribution in [3.8, 4) is 10.6 Å². The number of amides is 2. The van der Waals surface area contributed by atoms with Crippen molar-refractivity contribution in [2.45, 2.75) is 25.8 Å². The van der Waals surface area contributed by atoms with Crippen LogP contribution in [0, 0.1) is 0 Å². The Morgan fingerprint density at radius 2 is 1.78 bits per heavy atom. The van der Waals surface area contributed by atoms with Crippen LogP contribution in [-0.2, 0) is 16.0 Å². The molecule has 0 aliphatic carbocycles. The summed E-state index contributed by atoms with van der Waals surface area (Å²) in [4.78, 5) is 31.6. The van der Waals surface area contributed by atoms with Crippen molar-refractivity contribution in [1.29, 1.82) is 0 Å². The number of hydrogen-bond donors (Lipinski definition) is 1. The summed E-state index contributed by atoms with van der Waals surface area (Å²) in [5.74, 6) is -0.108. The second-order valence-corrected chi connectivity index (χ2v) is 9.02. The Kier molecular flexibility index (Phi) is 5.45. The van der Waals surface area contributed by atoms with Gasteiger partial charge in [-0.1, -0.05) is 36.4 Å². The van der Waals surface area contributed by atoms with Gasteiger partial charge in [-0.2, -0.15) is 0 Å². The molecule has 0 bridgehead atoms. The van der Waals surface area contributed by atoms with Gasteiger partial charge in [0.1, 0.15) is 5.01 Å². The molecule has 0 radical (unpaired) electrons. The Labute approximate surface area is 190 Å². The van der Waals surface area contributed by atoms with Gasteiger partial charge in [0.15, 0.2) is 0 Å². The number of nitrogens with one attached hydrogen (secondary N) is 1. The first-order valence-corrected chi connectivity index (χ1v) is 11.5. The monoisotopic (exact) mass is 441 g/mol. The molecule has 3 aromatic carbocycles. The fraction of sp³-hybridized carbons (Fsp3) is 0.192. The minimum absolute atomic E-state index is 0.00232. The highest BCUT2D eigenvalue weighted by Gasteiger charge is 2.30. The molecule has 1 aliphatic rings. The lowest BCUT2D eigenvalue weighted by atomic mass is 9.90. The zero-order valence-electron chi connectivity index (χ0n) is 17.7. The van der Waals surface area contributed by atoms with E-state index >= 15 is 0 Å². The number of benzene rings is 3. The first-order valence-electron chi connectivity index (χ1n) is 10.7. The van der Waals surface area contributed by atoms with Crippen LogP contribution >= 0.6 is 11.3 Å². The molecular weight excluding hydrogens is 418 g/mol. The molecular formula is C26H23N3O2S. The molecule has 5 rings (SSSR count). The Hall–Kier alpha value is -3.51. The number of para-hydroxylation sites is 1. The summed E-state index contributed by atoms with van der Waals surface area (Å²) in [6.45, 7) is 2.21. The maximum Gasteiger partial charge on any atom is 0.226 e. The highest BCUT2D eigenvalue weighted by Crippen LogP contribution is 2.33. The normalized spacial score (nSPS) is 15.4. The molecule has 0 fully saturated rings. The van der Waals surface area contributed by atoms with Crippen molar-refractivity contribution in [3.05, 3.63) is 83.9 Å². The molecule has 1 unspecified atom stereocenters. The number of hydrogen-bond acceptors (Lipinski definition) is 4. The van der Waals surface area contributed by atoms with Gasteiger partial charge < -0.3 is 10.2 Å². The van der Waals surface area contributed by atoms with E-state index in [9.17, 15) is 9.59 Å². The zero-order chi connectivity index (χ0) is 22.1. The summed E-state index contributed by atoms with van der Waals surface area (Å²) in [6.07, 6.45) is 1.05. The van der Waals surface area contributed by atoms with E-state index in [4.69, 9.17) is 4.98 Å². The van der Waals surface area contributed by atoms with E-state index < -0.39 is 0 Å². The standard InChI is InChI=1S/C26H23N3O2S/c1-17(30)29-15-14-18-6-2-3-7-21(18)23(29)16-25(31)27-20-12-10-19(11-13-20)26-28-22-8-4-5-9-24(22)32-26/h2-13,23H,14-16H2,1H3,(H,27,31). The van der Waals surface area contributed by atoms with Crippen LogP contribution in [0.2, 0.25) is 0 Å². The molecule has 1 aromatic heterocycles. The van der Waals surface area contributed by atoms with Crippen LogP contribution in [0.1, 0.15) is 30.5 Å². The molecule has 0 spiro atoms. The van der Waals surface area contributed by atoms with E-state index in [0.29, 0.717) is 6.54 Å². The molecule has 160 valence electrons. The van der Waals surface area contributed by atoms with Gasteiger partial charge >= 0.3 is 0 Å². The highest BCUT2D eigenvalue weighted by molar-refractivity contribution is 7.21. The molecule has 1 atom stereocenters. The topological polar surface area (TPSA) is 62.3 Å². The van der Waals surface area contributed by atoms with Gasteiger partial charge in [0.25, 0.3) is 0 Å². The van der Waals surface area contributed by atoms with Crippen LogP contribution in [0.4, 0.5) is 5.69 Å². The van der Waals surface area contributed by atoms with Gasteiger partial charge in [0.05, 0.1) is 22.7 Å². The van der Waals surface area contributed by atoms with E-state index in [-0.39, 0.29) is 24.3 Å². The summed E-state index contributed by atoms with van der Waals surface area (Å²) in [7, 11) is 0. The van der Waals surface area contributed by atoms with E-state index in [1.165, 1.54) is 5.56 Å². The summed E-state index contributed by atoms with van der Waals surface area (Å²) >= 11 is 1.65. The summed E-state index contributed by atoms with van der Waals surface area (Å²) in [6, 6.07) is 23.7. The summed E-state index contributed by atoms with van der Waals surface area (Å²) in [5.41, 5.74) is 5.03. The van der Waals surface area contributed by atoms with Crippen LogP contribution < -0.4 is 5.32 Å². The largest absolute Gasteiger partial charge is 0.335 e. The van der Waals surface area contributed by atoms with Crippen LogP contribution in [0.3, 0.4) is 0 Å². The van der Waals surface area contributed by atoms with Gasteiger partial charge in [0, 0.05) is 24.7 Å². The number of anilines is 1. The number of nitrogens with zero attached hydrogens (tertiary/aromatic N) is 2. The fourth-order valence-corrected chi connectivity index (χ4v) is 5.30. The number of carbonyl (C=O) groups excluding carboxylic acids is 2. The van der Waals surface area contributed by atoms with Gasteiger partial charge in [-0.15, -0.1) is 11.3 Å². The van der Waals surface area contributed by atoms with Gasteiger partial charge in [-0.25, -0.2) is 4.98 Å². The lowest BCUT2D eigenvalue weighted by Gasteiger charge is -2.36. The quantitative estimate of drug-likeness (QED) is 0.459. The van der Waals surface area contributed by atoms with Crippen molar-refractivity contribution < 1.29 is 9.59 Å². The predicted molar refractivity (Wildman–Crippen MR) is 129 cm³/mol. The molecule has 0 saturated heterocycles. The first-order chi connectivity index (χ1) is 15.6. The minimum atomic E-state index is -0.237. The van der Waals surface area contributed by atoms with Crippen LogP contribution in [0.25, 0.3) is 20.8 Å². The van der Waals surface area contributed by atoms with Crippen molar-refractivity contribution >= 4 is 39.1 Å². The Morgan fingerprint density at radius 1 is 1.03 bits per heavy atom. The molecule has 1 aliphatic heterocycles. The molecule has 2 heterocycles. The van der Waals surface area contributed by atoms with Gasteiger partial charge in [-0.3, -0.25) is 9.59 Å². The third kappa shape index (κ3) is 4.01. The Morgan fingerprint density at radius 3 is 2.56 bits per heavy atom. The van der Waals surface area contributed by atoms with Crippen LogP contribution in [0.15, 0.2) is 72.8 Å². The smallest absolute Gasteiger partial charge is 0.226 e. The number of fused-ring (bicyclic) bond motifs is 2.